The number of halogens is 4. The standard InChI is InChI=1S/C18H17ClF2IN3O4S/c19-12-9-11(22)1-3-14(12)23-17-15(4-2-13(20)16(17)21)24-30(28,29)25-7-5-10(6-8-25)18(26)27/h1-4,9-10,23-24H,5-8H2,(H,26,27). The molecule has 0 atom stereocenters. The lowest BCUT2D eigenvalue weighted by atomic mass is 9.99. The summed E-state index contributed by atoms with van der Waals surface area (Å²) in [6, 6.07) is 6.78. The monoisotopic (exact) mass is 571 g/mol. The van der Waals surface area contributed by atoms with Crippen LogP contribution in [0.3, 0.4) is 0 Å². The van der Waals surface area contributed by atoms with Gasteiger partial charge in [-0.15, -0.1) is 0 Å². The number of carbonyl (C=O) groups is 1. The maximum Gasteiger partial charge on any atom is 0.306 e. The highest BCUT2D eigenvalue weighted by Gasteiger charge is 2.31. The van der Waals surface area contributed by atoms with Crippen LogP contribution < -0.4 is 10.0 Å². The van der Waals surface area contributed by atoms with Gasteiger partial charge in [0.05, 0.1) is 22.3 Å². The van der Waals surface area contributed by atoms with Crippen molar-refractivity contribution in [2.45, 2.75) is 12.8 Å². The third-order valence-corrected chi connectivity index (χ3v) is 7.17. The number of aliphatic carboxylic acids is 1. The predicted octanol–water partition coefficient (Wildman–Crippen LogP) is 4.42. The minimum Gasteiger partial charge on any atom is -0.481 e. The number of hydrogen-bond acceptors (Lipinski definition) is 4. The molecule has 0 aromatic heterocycles. The van der Waals surface area contributed by atoms with Crippen molar-refractivity contribution in [3.05, 3.63) is 50.6 Å². The van der Waals surface area contributed by atoms with Gasteiger partial charge in [0.1, 0.15) is 5.69 Å². The Morgan fingerprint density at radius 2 is 1.80 bits per heavy atom. The fourth-order valence-corrected chi connectivity index (χ4v) is 5.20. The summed E-state index contributed by atoms with van der Waals surface area (Å²) in [4.78, 5) is 11.1. The Hall–Kier alpha value is -1.70. The molecule has 1 saturated heterocycles. The van der Waals surface area contributed by atoms with Crippen molar-refractivity contribution in [3.63, 3.8) is 0 Å². The van der Waals surface area contributed by atoms with Gasteiger partial charge in [-0.2, -0.15) is 12.7 Å². The second-order valence-corrected chi connectivity index (χ2v) is 9.98. The molecule has 7 nitrogen and oxygen atoms in total. The Bertz CT molecular complexity index is 1080. The molecule has 1 aliphatic rings. The van der Waals surface area contributed by atoms with Gasteiger partial charge in [0.25, 0.3) is 0 Å². The molecule has 1 aliphatic heterocycles. The molecule has 0 amide bonds. The van der Waals surface area contributed by atoms with Crippen molar-refractivity contribution in [1.29, 1.82) is 0 Å². The molecule has 0 spiro atoms. The number of hydrogen-bond donors (Lipinski definition) is 3. The van der Waals surface area contributed by atoms with Gasteiger partial charge in [-0.1, -0.05) is 11.6 Å². The average molecular weight is 572 g/mol. The van der Waals surface area contributed by atoms with Crippen molar-refractivity contribution in [2.75, 3.05) is 23.1 Å². The number of benzene rings is 2. The first-order chi connectivity index (χ1) is 14.1. The summed E-state index contributed by atoms with van der Waals surface area (Å²) >= 11 is 8.18. The Labute approximate surface area is 190 Å². The van der Waals surface area contributed by atoms with Gasteiger partial charge >= 0.3 is 16.2 Å². The van der Waals surface area contributed by atoms with Crippen LogP contribution in [0.15, 0.2) is 30.3 Å². The van der Waals surface area contributed by atoms with Gasteiger partial charge in [-0.3, -0.25) is 9.52 Å². The molecule has 3 rings (SSSR count). The fraction of sp³-hybridized carbons (Fsp3) is 0.278. The van der Waals surface area contributed by atoms with Crippen molar-refractivity contribution < 1.29 is 27.1 Å². The van der Waals surface area contributed by atoms with Gasteiger partial charge in [-0.05, 0) is 65.8 Å². The first-order valence-electron chi connectivity index (χ1n) is 8.79. The van der Waals surface area contributed by atoms with E-state index in [4.69, 9.17) is 16.7 Å². The van der Waals surface area contributed by atoms with Crippen molar-refractivity contribution >= 4 is 67.4 Å². The highest BCUT2D eigenvalue weighted by atomic mass is 127. The van der Waals surface area contributed by atoms with Gasteiger partial charge < -0.3 is 10.4 Å². The van der Waals surface area contributed by atoms with Crippen LogP contribution in [-0.2, 0) is 15.0 Å². The first-order valence-corrected chi connectivity index (χ1v) is 11.7. The van der Waals surface area contributed by atoms with E-state index in [0.29, 0.717) is 0 Å². The van der Waals surface area contributed by atoms with Crippen molar-refractivity contribution in [3.8, 4) is 0 Å². The molecule has 0 aliphatic carbocycles. The predicted molar refractivity (Wildman–Crippen MR) is 118 cm³/mol. The number of carboxylic acid groups (broad SMARTS) is 1. The maximum absolute atomic E-state index is 14.5. The largest absolute Gasteiger partial charge is 0.481 e. The lowest BCUT2D eigenvalue weighted by molar-refractivity contribution is -0.142. The lowest BCUT2D eigenvalue weighted by Crippen LogP contribution is -2.43. The van der Waals surface area contributed by atoms with E-state index in [1.165, 1.54) is 0 Å². The van der Waals surface area contributed by atoms with Gasteiger partial charge in [0.15, 0.2) is 11.6 Å². The van der Waals surface area contributed by atoms with E-state index in [-0.39, 0.29) is 42.3 Å². The highest BCUT2D eigenvalue weighted by Crippen LogP contribution is 2.35. The maximum atomic E-state index is 14.5. The fourth-order valence-electron chi connectivity index (χ4n) is 3.03. The van der Waals surface area contributed by atoms with E-state index in [9.17, 15) is 22.0 Å². The zero-order valence-electron chi connectivity index (χ0n) is 15.3. The molecule has 0 bridgehead atoms. The first kappa shape index (κ1) is 23.0. The van der Waals surface area contributed by atoms with Crippen LogP contribution in [0.5, 0.6) is 0 Å². The molecule has 0 unspecified atom stereocenters. The molecule has 0 radical (unpaired) electrons. The van der Waals surface area contributed by atoms with Crippen LogP contribution in [0.4, 0.5) is 25.8 Å². The van der Waals surface area contributed by atoms with E-state index in [2.05, 4.69) is 10.0 Å². The summed E-state index contributed by atoms with van der Waals surface area (Å²) < 4.78 is 58.0. The number of rotatable bonds is 6. The van der Waals surface area contributed by atoms with Gasteiger partial charge in [0.2, 0.25) is 0 Å². The van der Waals surface area contributed by atoms with E-state index in [1.54, 1.807) is 18.2 Å². The van der Waals surface area contributed by atoms with Crippen LogP contribution in [-0.4, -0.2) is 36.9 Å². The lowest BCUT2D eigenvalue weighted by Gasteiger charge is -2.29. The normalized spacial score (nSPS) is 15.7. The number of piperidine rings is 1. The molecule has 2 aromatic carbocycles. The quantitative estimate of drug-likeness (QED) is 0.446. The molecule has 0 saturated carbocycles. The van der Waals surface area contributed by atoms with Gasteiger partial charge in [0, 0.05) is 16.7 Å². The van der Waals surface area contributed by atoms with Crippen LogP contribution in [0.25, 0.3) is 0 Å². The number of carboxylic acids is 1. The Morgan fingerprint density at radius 3 is 2.40 bits per heavy atom. The third-order valence-electron chi connectivity index (χ3n) is 4.67. The van der Waals surface area contributed by atoms with Crippen LogP contribution in [0.1, 0.15) is 12.8 Å². The van der Waals surface area contributed by atoms with Gasteiger partial charge in [-0.25, -0.2) is 8.78 Å². The van der Waals surface area contributed by atoms with Crippen LogP contribution >= 0.6 is 34.2 Å². The second-order valence-electron chi connectivity index (χ2n) is 6.65. The van der Waals surface area contributed by atoms with Crippen molar-refractivity contribution in [2.24, 2.45) is 5.92 Å². The molecule has 3 N–H and O–H groups in total. The molecular weight excluding hydrogens is 555 g/mol. The molecule has 30 heavy (non-hydrogen) atoms. The number of anilines is 3. The zero-order chi connectivity index (χ0) is 22.1. The summed E-state index contributed by atoms with van der Waals surface area (Å²) in [5.41, 5.74) is -0.352. The molecule has 1 heterocycles. The molecule has 2 aromatic rings. The highest BCUT2D eigenvalue weighted by molar-refractivity contribution is 14.1. The zero-order valence-corrected chi connectivity index (χ0v) is 19.1. The summed E-state index contributed by atoms with van der Waals surface area (Å²) in [6.45, 7) is 0.00335. The second kappa shape index (κ2) is 9.20. The van der Waals surface area contributed by atoms with Crippen LogP contribution in [0, 0.1) is 21.1 Å². The molecule has 12 heteroatoms. The third kappa shape index (κ3) is 5.13. The minimum atomic E-state index is -4.12. The van der Waals surface area contributed by atoms with E-state index < -0.39 is 39.4 Å². The summed E-state index contributed by atoms with van der Waals surface area (Å²) in [5, 5.41) is 12.0. The smallest absolute Gasteiger partial charge is 0.306 e. The topological polar surface area (TPSA) is 98.7 Å². The molecular formula is C18H17ClF2IN3O4S. The average Bonchev–Trinajstić information content (AvgIpc) is 2.69. The summed E-state index contributed by atoms with van der Waals surface area (Å²) in [6.07, 6.45) is 0.328. The SMILES string of the molecule is O=C(O)C1CCN(S(=O)(=O)Nc2ccc(F)c(F)c2Nc2ccc(I)cc2Cl)CC1. The van der Waals surface area contributed by atoms with Crippen LogP contribution in [0.2, 0.25) is 5.02 Å². The molecule has 162 valence electrons. The minimum absolute atomic E-state index is 0.00168. The Morgan fingerprint density at radius 1 is 1.17 bits per heavy atom. The number of nitrogens with zero attached hydrogens (tertiary/aromatic N) is 1. The number of nitrogens with one attached hydrogen (secondary N) is 2. The van der Waals surface area contributed by atoms with E-state index in [0.717, 1.165) is 20.0 Å². The van der Waals surface area contributed by atoms with E-state index >= 15 is 0 Å². The van der Waals surface area contributed by atoms with Crippen molar-refractivity contribution in [1.82, 2.24) is 4.31 Å². The summed E-state index contributed by atoms with van der Waals surface area (Å²) in [5.74, 6) is -4.01. The van der Waals surface area contributed by atoms with E-state index in [1.807, 2.05) is 22.6 Å². The summed E-state index contributed by atoms with van der Waals surface area (Å²) in [7, 11) is -4.12. The Balaban J connectivity index is 1.87. The molecule has 1 fully saturated rings. The Kier molecular flexibility index (Phi) is 7.05.